The highest BCUT2D eigenvalue weighted by Crippen LogP contribution is 2.36. The van der Waals surface area contributed by atoms with Gasteiger partial charge in [0.1, 0.15) is 5.60 Å². The fourth-order valence-electron chi connectivity index (χ4n) is 4.07. The molecule has 2 aliphatic heterocycles. The number of ketones is 1. The molecule has 2 fully saturated rings. The molecule has 1 aromatic rings. The van der Waals surface area contributed by atoms with Crippen molar-refractivity contribution in [3.05, 3.63) is 34.9 Å². The van der Waals surface area contributed by atoms with Gasteiger partial charge in [0, 0.05) is 11.5 Å². The van der Waals surface area contributed by atoms with Crippen LogP contribution in [0.1, 0.15) is 55.1 Å². The minimum Gasteiger partial charge on any atom is -0.444 e. The number of nitrogens with zero attached hydrogens (tertiary/aromatic N) is 1. The number of piperidine rings is 1. The van der Waals surface area contributed by atoms with E-state index in [4.69, 9.17) is 9.47 Å². The van der Waals surface area contributed by atoms with Gasteiger partial charge >= 0.3 is 12.3 Å². The third-order valence-electron chi connectivity index (χ3n) is 5.18. The number of fused-ring (bicyclic) bond motifs is 2. The molecule has 8 heteroatoms. The first-order valence-corrected chi connectivity index (χ1v) is 9.67. The van der Waals surface area contributed by atoms with Crippen molar-refractivity contribution in [1.29, 1.82) is 0 Å². The Morgan fingerprint density at radius 3 is 2.17 bits per heavy atom. The molecule has 0 N–H and O–H groups in total. The zero-order valence-corrected chi connectivity index (χ0v) is 17.0. The van der Waals surface area contributed by atoms with E-state index in [0.29, 0.717) is 18.4 Å². The molecule has 2 saturated heterocycles. The summed E-state index contributed by atoms with van der Waals surface area (Å²) in [6.07, 6.45) is -4.28. The first-order valence-electron chi connectivity index (χ1n) is 9.67. The van der Waals surface area contributed by atoms with Crippen LogP contribution >= 0.6 is 0 Å². The molecule has 3 rings (SSSR count). The van der Waals surface area contributed by atoms with Crippen LogP contribution in [0.3, 0.4) is 0 Å². The summed E-state index contributed by atoms with van der Waals surface area (Å²) in [6.45, 7) is 7.44. The molecule has 160 valence electrons. The summed E-state index contributed by atoms with van der Waals surface area (Å²) in [5, 5.41) is 0. The number of carbonyl (C=O) groups is 2. The molecule has 0 aliphatic carbocycles. The second-order valence-corrected chi connectivity index (χ2v) is 8.85. The van der Waals surface area contributed by atoms with E-state index in [9.17, 15) is 22.8 Å². The van der Waals surface area contributed by atoms with Crippen LogP contribution in [0.4, 0.5) is 18.0 Å². The molecular formula is C21H26F3NO4. The van der Waals surface area contributed by atoms with Gasteiger partial charge in [-0.3, -0.25) is 9.69 Å². The maximum Gasteiger partial charge on any atom is 0.416 e. The van der Waals surface area contributed by atoms with E-state index in [1.165, 1.54) is 6.07 Å². The molecule has 2 unspecified atom stereocenters. The quantitative estimate of drug-likeness (QED) is 0.665. The van der Waals surface area contributed by atoms with Gasteiger partial charge in [-0.2, -0.15) is 13.2 Å². The normalized spacial score (nSPS) is 24.9. The average Bonchev–Trinajstić information content (AvgIpc) is 2.57. The van der Waals surface area contributed by atoms with Crippen molar-refractivity contribution >= 4 is 11.9 Å². The zero-order valence-electron chi connectivity index (χ0n) is 17.0. The average molecular weight is 413 g/mol. The van der Waals surface area contributed by atoms with Crippen LogP contribution < -0.4 is 0 Å². The van der Waals surface area contributed by atoms with Gasteiger partial charge in [0.05, 0.1) is 30.9 Å². The molecule has 1 amide bonds. The summed E-state index contributed by atoms with van der Waals surface area (Å²) in [6, 6.07) is 2.77. The molecule has 0 spiro atoms. The number of alkyl halides is 3. The van der Waals surface area contributed by atoms with Crippen molar-refractivity contribution in [2.75, 3.05) is 13.2 Å². The molecule has 2 aliphatic rings. The van der Waals surface area contributed by atoms with Gasteiger partial charge in [0.2, 0.25) is 0 Å². The van der Waals surface area contributed by atoms with Gasteiger partial charge < -0.3 is 9.47 Å². The molecule has 0 aromatic heterocycles. The van der Waals surface area contributed by atoms with Gasteiger partial charge in [-0.05, 0) is 64.3 Å². The number of hydrogen-bond donors (Lipinski definition) is 0. The lowest BCUT2D eigenvalue weighted by Crippen LogP contribution is -2.60. The largest absolute Gasteiger partial charge is 0.444 e. The predicted molar refractivity (Wildman–Crippen MR) is 99.7 cm³/mol. The maximum atomic E-state index is 13.1. The fraction of sp³-hybridized carbons (Fsp3) is 0.619. The Balaban J connectivity index is 1.80. The lowest BCUT2D eigenvalue weighted by Gasteiger charge is -2.47. The first-order chi connectivity index (χ1) is 13.3. The summed E-state index contributed by atoms with van der Waals surface area (Å²) in [5.41, 5.74) is -1.02. The molecule has 1 aromatic carbocycles. The van der Waals surface area contributed by atoms with Gasteiger partial charge in [-0.25, -0.2) is 4.79 Å². The molecule has 2 atom stereocenters. The minimum absolute atomic E-state index is 0.0621. The Hall–Kier alpha value is -2.09. The van der Waals surface area contributed by atoms with E-state index in [0.717, 1.165) is 12.1 Å². The number of hydrogen-bond acceptors (Lipinski definition) is 4. The Labute approximate surface area is 168 Å². The molecule has 0 saturated carbocycles. The van der Waals surface area contributed by atoms with Crippen LogP contribution in [0.15, 0.2) is 18.2 Å². The number of benzene rings is 1. The summed E-state index contributed by atoms with van der Waals surface area (Å²) < 4.78 is 50.4. The van der Waals surface area contributed by atoms with Gasteiger partial charge in [0.15, 0.2) is 5.78 Å². The molecule has 29 heavy (non-hydrogen) atoms. The van der Waals surface area contributed by atoms with Gasteiger partial charge in [-0.1, -0.05) is 0 Å². The predicted octanol–water partition coefficient (Wildman–Crippen LogP) is 4.61. The smallest absolute Gasteiger partial charge is 0.416 e. The molecule has 2 bridgehead atoms. The van der Waals surface area contributed by atoms with E-state index >= 15 is 0 Å². The summed E-state index contributed by atoms with van der Waals surface area (Å²) in [4.78, 5) is 27.3. The van der Waals surface area contributed by atoms with Gasteiger partial charge in [0.25, 0.3) is 0 Å². The SMILES string of the molecule is Cc1cc(C(=O)C2CC3COCC(C2)N3C(=O)OC(C)(C)C)cc(C(F)(F)F)c1. The number of ether oxygens (including phenoxy) is 2. The van der Waals surface area contributed by atoms with Crippen LogP contribution in [-0.4, -0.2) is 47.7 Å². The van der Waals surface area contributed by atoms with E-state index in [2.05, 4.69) is 0 Å². The van der Waals surface area contributed by atoms with E-state index < -0.39 is 29.4 Å². The van der Waals surface area contributed by atoms with Crippen molar-refractivity contribution in [3.63, 3.8) is 0 Å². The number of carbonyl (C=O) groups excluding carboxylic acids is 2. The van der Waals surface area contributed by atoms with Crippen molar-refractivity contribution in [3.8, 4) is 0 Å². The van der Waals surface area contributed by atoms with E-state index in [-0.39, 0.29) is 36.6 Å². The highest BCUT2D eigenvalue weighted by Gasteiger charge is 2.45. The van der Waals surface area contributed by atoms with Crippen LogP contribution in [0.25, 0.3) is 0 Å². The lowest BCUT2D eigenvalue weighted by molar-refractivity contribution is -0.137. The topological polar surface area (TPSA) is 55.8 Å². The van der Waals surface area contributed by atoms with Crippen LogP contribution in [-0.2, 0) is 15.7 Å². The van der Waals surface area contributed by atoms with E-state index in [1.807, 2.05) is 0 Å². The summed E-state index contributed by atoms with van der Waals surface area (Å²) in [5.74, 6) is -0.782. The van der Waals surface area contributed by atoms with Crippen LogP contribution in [0, 0.1) is 12.8 Å². The lowest BCUT2D eigenvalue weighted by atomic mass is 9.80. The second-order valence-electron chi connectivity index (χ2n) is 8.85. The second kappa shape index (κ2) is 7.63. The van der Waals surface area contributed by atoms with Crippen LogP contribution in [0.2, 0.25) is 0 Å². The Morgan fingerprint density at radius 1 is 1.07 bits per heavy atom. The maximum absolute atomic E-state index is 13.1. The highest BCUT2D eigenvalue weighted by atomic mass is 19.4. The third-order valence-corrected chi connectivity index (χ3v) is 5.18. The Morgan fingerprint density at radius 2 is 1.66 bits per heavy atom. The number of morpholine rings is 1. The number of rotatable bonds is 2. The summed E-state index contributed by atoms with van der Waals surface area (Å²) >= 11 is 0. The Kier molecular flexibility index (Phi) is 5.69. The third kappa shape index (κ3) is 4.91. The number of amides is 1. The monoisotopic (exact) mass is 413 g/mol. The number of aryl methyl sites for hydroxylation is 1. The van der Waals surface area contributed by atoms with Crippen molar-refractivity contribution < 1.29 is 32.2 Å². The standard InChI is InChI=1S/C21H26F3NO4/c1-12-5-13(7-15(6-12)21(22,23)24)18(26)14-8-16-10-28-11-17(9-14)25(16)19(27)29-20(2,3)4/h5-7,14,16-17H,8-11H2,1-4H3. The van der Waals surface area contributed by atoms with Crippen LogP contribution in [0.5, 0.6) is 0 Å². The summed E-state index contributed by atoms with van der Waals surface area (Å²) in [7, 11) is 0. The first kappa shape index (κ1) is 21.6. The molecule has 2 heterocycles. The number of halogens is 3. The Bertz CT molecular complexity index is 786. The van der Waals surface area contributed by atoms with Gasteiger partial charge in [-0.15, -0.1) is 0 Å². The minimum atomic E-state index is -4.51. The molecular weight excluding hydrogens is 387 g/mol. The molecule has 5 nitrogen and oxygen atoms in total. The zero-order chi connectivity index (χ0) is 21.6. The fourth-order valence-corrected chi connectivity index (χ4v) is 4.07. The molecule has 0 radical (unpaired) electrons. The van der Waals surface area contributed by atoms with E-state index in [1.54, 1.807) is 32.6 Å². The number of Topliss-reactive ketones (excluding diaryl/α,β-unsaturated/α-hetero) is 1. The van der Waals surface area contributed by atoms with Crippen molar-refractivity contribution in [2.24, 2.45) is 5.92 Å². The highest BCUT2D eigenvalue weighted by molar-refractivity contribution is 5.98. The van der Waals surface area contributed by atoms with Crippen molar-refractivity contribution in [2.45, 2.75) is 64.4 Å². The van der Waals surface area contributed by atoms with Crippen molar-refractivity contribution in [1.82, 2.24) is 4.90 Å².